The maximum Gasteiger partial charge on any atom is 0.160 e. The zero-order valence-electron chi connectivity index (χ0n) is 10.7. The number of methoxy groups -OCH3 is 1. The summed E-state index contributed by atoms with van der Waals surface area (Å²) in [7, 11) is 1.64. The summed E-state index contributed by atoms with van der Waals surface area (Å²) in [4.78, 5) is 0. The summed E-state index contributed by atoms with van der Waals surface area (Å²) in [6.45, 7) is 1.90. The molecule has 0 atom stereocenters. The van der Waals surface area contributed by atoms with E-state index < -0.39 is 5.82 Å². The van der Waals surface area contributed by atoms with Gasteiger partial charge in [0.2, 0.25) is 0 Å². The molecular formula is C12H13Cl2FN4O. The Morgan fingerprint density at radius 3 is 2.70 bits per heavy atom. The molecule has 0 aliphatic rings. The van der Waals surface area contributed by atoms with Crippen molar-refractivity contribution < 1.29 is 9.13 Å². The number of aromatic nitrogens is 3. The second-order valence-corrected chi connectivity index (χ2v) is 4.86. The van der Waals surface area contributed by atoms with Gasteiger partial charge in [-0.25, -0.2) is 9.07 Å². The van der Waals surface area contributed by atoms with Gasteiger partial charge in [0.1, 0.15) is 0 Å². The largest absolute Gasteiger partial charge is 0.383 e. The number of hydrogen-bond acceptors (Lipinski definition) is 4. The second kappa shape index (κ2) is 6.99. The lowest BCUT2D eigenvalue weighted by Crippen LogP contribution is -2.18. The lowest BCUT2D eigenvalue weighted by molar-refractivity contribution is 0.199. The Labute approximate surface area is 125 Å². The molecule has 0 aliphatic heterocycles. The molecule has 1 heterocycles. The highest BCUT2D eigenvalue weighted by atomic mass is 35.5. The summed E-state index contributed by atoms with van der Waals surface area (Å²) in [5, 5.41) is 11.0. The van der Waals surface area contributed by atoms with Crippen molar-refractivity contribution >= 4 is 23.2 Å². The lowest BCUT2D eigenvalue weighted by Gasteiger charge is -2.03. The molecule has 8 heteroatoms. The van der Waals surface area contributed by atoms with Crippen molar-refractivity contribution in [1.82, 2.24) is 20.3 Å². The molecule has 1 aromatic carbocycles. The van der Waals surface area contributed by atoms with Crippen molar-refractivity contribution in [3.63, 3.8) is 0 Å². The molecule has 0 unspecified atom stereocenters. The molecule has 1 aromatic heterocycles. The Hall–Kier alpha value is -1.21. The first-order valence-corrected chi connectivity index (χ1v) is 6.63. The summed E-state index contributed by atoms with van der Waals surface area (Å²) in [6.07, 6.45) is 1.72. The Bertz CT molecular complexity index is 568. The van der Waals surface area contributed by atoms with Gasteiger partial charge in [-0.05, 0) is 12.1 Å². The van der Waals surface area contributed by atoms with E-state index in [1.54, 1.807) is 13.3 Å². The average Bonchev–Trinajstić information content (AvgIpc) is 2.89. The highest BCUT2D eigenvalue weighted by Gasteiger charge is 2.10. The van der Waals surface area contributed by atoms with E-state index in [1.165, 1.54) is 16.8 Å². The highest BCUT2D eigenvalue weighted by molar-refractivity contribution is 6.35. The molecule has 0 fully saturated rings. The first-order valence-electron chi connectivity index (χ1n) is 5.87. The number of benzene rings is 1. The molecule has 0 radical (unpaired) electrons. The zero-order valence-corrected chi connectivity index (χ0v) is 12.2. The van der Waals surface area contributed by atoms with Gasteiger partial charge in [-0.15, -0.1) is 5.10 Å². The molecular weight excluding hydrogens is 306 g/mol. The van der Waals surface area contributed by atoms with E-state index in [1.807, 2.05) is 0 Å². The van der Waals surface area contributed by atoms with Gasteiger partial charge >= 0.3 is 0 Å². The van der Waals surface area contributed by atoms with Crippen molar-refractivity contribution in [2.75, 3.05) is 20.3 Å². The van der Waals surface area contributed by atoms with E-state index in [2.05, 4.69) is 15.6 Å². The van der Waals surface area contributed by atoms with Gasteiger partial charge in [0.05, 0.1) is 34.2 Å². The van der Waals surface area contributed by atoms with E-state index in [0.717, 1.165) is 12.2 Å². The quantitative estimate of drug-likeness (QED) is 0.656. The van der Waals surface area contributed by atoms with Gasteiger partial charge in [-0.3, -0.25) is 0 Å². The molecule has 20 heavy (non-hydrogen) atoms. The van der Waals surface area contributed by atoms with Crippen LogP contribution in [0.1, 0.15) is 5.69 Å². The Morgan fingerprint density at radius 2 is 2.05 bits per heavy atom. The summed E-state index contributed by atoms with van der Waals surface area (Å²) in [5.41, 5.74) is 1.30. The summed E-state index contributed by atoms with van der Waals surface area (Å²) in [5.74, 6) is -0.640. The fourth-order valence-electron chi connectivity index (χ4n) is 1.57. The van der Waals surface area contributed by atoms with E-state index in [0.29, 0.717) is 18.8 Å². The van der Waals surface area contributed by atoms with Gasteiger partial charge in [-0.2, -0.15) is 0 Å². The Balaban J connectivity index is 2.08. The average molecular weight is 319 g/mol. The smallest absolute Gasteiger partial charge is 0.160 e. The van der Waals surface area contributed by atoms with Crippen molar-refractivity contribution in [2.45, 2.75) is 6.54 Å². The predicted molar refractivity (Wildman–Crippen MR) is 74.9 cm³/mol. The normalized spacial score (nSPS) is 11.0. The number of nitrogens with one attached hydrogen (secondary N) is 1. The lowest BCUT2D eigenvalue weighted by atomic mass is 10.3. The van der Waals surface area contributed by atoms with E-state index >= 15 is 0 Å². The van der Waals surface area contributed by atoms with Crippen molar-refractivity contribution in [3.05, 3.63) is 39.9 Å². The molecule has 0 amide bonds. The first kappa shape index (κ1) is 15.2. The second-order valence-electron chi connectivity index (χ2n) is 4.05. The van der Waals surface area contributed by atoms with Crippen LogP contribution in [0.25, 0.3) is 5.69 Å². The topological polar surface area (TPSA) is 52.0 Å². The number of nitrogens with zero attached hydrogens (tertiary/aromatic N) is 3. The van der Waals surface area contributed by atoms with Crippen LogP contribution in [-0.4, -0.2) is 35.3 Å². The molecule has 5 nitrogen and oxygen atoms in total. The fourth-order valence-corrected chi connectivity index (χ4v) is 2.05. The summed E-state index contributed by atoms with van der Waals surface area (Å²) < 4.78 is 19.8. The molecule has 1 N–H and O–H groups in total. The van der Waals surface area contributed by atoms with Gasteiger partial charge in [0, 0.05) is 20.2 Å². The van der Waals surface area contributed by atoms with Crippen LogP contribution in [0.15, 0.2) is 18.3 Å². The first-order chi connectivity index (χ1) is 9.61. The van der Waals surface area contributed by atoms with Crippen LogP contribution < -0.4 is 5.32 Å². The summed E-state index contributed by atoms with van der Waals surface area (Å²) in [6, 6.07) is 2.89. The fraction of sp³-hybridized carbons (Fsp3) is 0.333. The number of hydrogen-bond donors (Lipinski definition) is 1. The standard InChI is InChI=1S/C12H13Cl2FN4O/c1-20-3-2-16-6-8-7-19(18-17-8)9-4-10(13)12(15)11(14)5-9/h4-5,7,16H,2-3,6H2,1H3. The third-order valence-electron chi connectivity index (χ3n) is 2.56. The molecule has 0 bridgehead atoms. The van der Waals surface area contributed by atoms with Crippen LogP contribution in [0.4, 0.5) is 4.39 Å². The van der Waals surface area contributed by atoms with Crippen molar-refractivity contribution in [1.29, 1.82) is 0 Å². The monoisotopic (exact) mass is 318 g/mol. The van der Waals surface area contributed by atoms with Crippen LogP contribution in [-0.2, 0) is 11.3 Å². The van der Waals surface area contributed by atoms with Crippen molar-refractivity contribution in [2.24, 2.45) is 0 Å². The Kier molecular flexibility index (Phi) is 5.31. The van der Waals surface area contributed by atoms with Gasteiger partial charge in [0.25, 0.3) is 0 Å². The van der Waals surface area contributed by atoms with Crippen LogP contribution in [0.3, 0.4) is 0 Å². The van der Waals surface area contributed by atoms with Crippen LogP contribution in [0.2, 0.25) is 10.0 Å². The minimum absolute atomic E-state index is 0.0530. The number of ether oxygens (including phenoxy) is 1. The minimum atomic E-state index is -0.640. The predicted octanol–water partition coefficient (Wildman–Crippen LogP) is 2.45. The molecule has 0 saturated heterocycles. The number of halogens is 3. The van der Waals surface area contributed by atoms with E-state index in [-0.39, 0.29) is 10.0 Å². The van der Waals surface area contributed by atoms with Crippen LogP contribution >= 0.6 is 23.2 Å². The van der Waals surface area contributed by atoms with Gasteiger partial charge in [0.15, 0.2) is 5.82 Å². The molecule has 2 aromatic rings. The maximum absolute atomic E-state index is 13.3. The number of rotatable bonds is 6. The third-order valence-corrected chi connectivity index (χ3v) is 3.11. The van der Waals surface area contributed by atoms with E-state index in [4.69, 9.17) is 27.9 Å². The van der Waals surface area contributed by atoms with Gasteiger partial charge in [-0.1, -0.05) is 28.4 Å². The molecule has 2 rings (SSSR count). The zero-order chi connectivity index (χ0) is 14.5. The highest BCUT2D eigenvalue weighted by Crippen LogP contribution is 2.26. The summed E-state index contributed by atoms with van der Waals surface area (Å²) >= 11 is 11.5. The van der Waals surface area contributed by atoms with E-state index in [9.17, 15) is 4.39 Å². The molecule has 0 aliphatic carbocycles. The SMILES string of the molecule is COCCNCc1cn(-c2cc(Cl)c(F)c(Cl)c2)nn1. The van der Waals surface area contributed by atoms with Gasteiger partial charge < -0.3 is 10.1 Å². The molecule has 0 saturated carbocycles. The molecule has 0 spiro atoms. The molecule has 108 valence electrons. The van der Waals surface area contributed by atoms with Crippen LogP contribution in [0.5, 0.6) is 0 Å². The third kappa shape index (κ3) is 3.67. The van der Waals surface area contributed by atoms with Crippen LogP contribution in [0, 0.1) is 5.82 Å². The minimum Gasteiger partial charge on any atom is -0.383 e. The Morgan fingerprint density at radius 1 is 1.35 bits per heavy atom. The van der Waals surface area contributed by atoms with Crippen molar-refractivity contribution in [3.8, 4) is 5.69 Å². The maximum atomic E-state index is 13.3.